The molecule has 10 heteroatoms. The Morgan fingerprint density at radius 2 is 1.47 bits per heavy atom. The van der Waals surface area contributed by atoms with Crippen molar-refractivity contribution in [1.29, 1.82) is 0 Å². The first-order valence-electron chi connectivity index (χ1n) is 12.1. The summed E-state index contributed by atoms with van der Waals surface area (Å²) in [6, 6.07) is 17.7. The smallest absolute Gasteiger partial charge is 0.383 e. The van der Waals surface area contributed by atoms with Crippen LogP contribution in [0.3, 0.4) is 0 Å². The molecule has 0 unspecified atom stereocenters. The number of halogens is 3. The number of nitrogens with zero attached hydrogens (tertiary/aromatic N) is 3. The third-order valence-corrected chi connectivity index (χ3v) is 6.03. The highest BCUT2D eigenvalue weighted by Gasteiger charge is 2.31. The Bertz CT molecular complexity index is 1160. The molecule has 204 valence electrons. The quantitative estimate of drug-likeness (QED) is 0.330. The number of hydrogen-bond donors (Lipinski definition) is 0. The van der Waals surface area contributed by atoms with Gasteiger partial charge >= 0.3 is 6.18 Å². The molecule has 0 fully saturated rings. The highest BCUT2D eigenvalue weighted by Crippen LogP contribution is 2.29. The Balaban J connectivity index is 1.76. The Morgan fingerprint density at radius 1 is 0.842 bits per heavy atom. The predicted octanol–water partition coefficient (Wildman–Crippen LogP) is 4.32. The van der Waals surface area contributed by atoms with E-state index in [1.165, 1.54) is 12.0 Å². The number of rotatable bonds is 13. The van der Waals surface area contributed by atoms with Crippen molar-refractivity contribution < 1.29 is 32.2 Å². The van der Waals surface area contributed by atoms with E-state index in [9.17, 15) is 22.8 Å². The molecule has 3 aromatic rings. The van der Waals surface area contributed by atoms with Crippen molar-refractivity contribution in [1.82, 2.24) is 14.4 Å². The molecule has 0 saturated carbocycles. The second-order valence-corrected chi connectivity index (χ2v) is 8.72. The topological polar surface area (TPSA) is 64.0 Å². The summed E-state index contributed by atoms with van der Waals surface area (Å²) >= 11 is 0. The van der Waals surface area contributed by atoms with Crippen molar-refractivity contribution in [2.75, 3.05) is 47.1 Å². The molecule has 1 heterocycles. The van der Waals surface area contributed by atoms with E-state index in [-0.39, 0.29) is 31.2 Å². The maximum atomic E-state index is 13.4. The Labute approximate surface area is 220 Å². The molecular weight excluding hydrogens is 499 g/mol. The van der Waals surface area contributed by atoms with Crippen LogP contribution in [0.25, 0.3) is 0 Å². The van der Waals surface area contributed by atoms with Gasteiger partial charge in [0.2, 0.25) is 5.91 Å². The molecule has 0 aliphatic carbocycles. The summed E-state index contributed by atoms with van der Waals surface area (Å²) < 4.78 is 51.2. The number of benzene rings is 2. The zero-order valence-corrected chi connectivity index (χ0v) is 21.5. The lowest BCUT2D eigenvalue weighted by atomic mass is 10.1. The van der Waals surface area contributed by atoms with Gasteiger partial charge in [0.05, 0.1) is 25.3 Å². The average Bonchev–Trinajstić information content (AvgIpc) is 3.34. The number of hydrogen-bond acceptors (Lipinski definition) is 4. The fraction of sp³-hybridized carbons (Fsp3) is 0.357. The van der Waals surface area contributed by atoms with Crippen molar-refractivity contribution in [2.45, 2.75) is 19.3 Å². The van der Waals surface area contributed by atoms with Gasteiger partial charge in [0.25, 0.3) is 5.91 Å². The summed E-state index contributed by atoms with van der Waals surface area (Å²) in [7, 11) is 3.01. The monoisotopic (exact) mass is 531 g/mol. The van der Waals surface area contributed by atoms with E-state index in [0.717, 1.165) is 35.5 Å². The summed E-state index contributed by atoms with van der Waals surface area (Å²) in [5, 5.41) is 0. The molecule has 0 radical (unpaired) electrons. The van der Waals surface area contributed by atoms with Crippen molar-refractivity contribution in [3.63, 3.8) is 0 Å². The molecule has 0 aliphatic heterocycles. The number of methoxy groups -OCH3 is 2. The van der Waals surface area contributed by atoms with E-state index in [1.54, 1.807) is 12.0 Å². The van der Waals surface area contributed by atoms with Crippen LogP contribution < -0.4 is 0 Å². The Morgan fingerprint density at radius 3 is 2.08 bits per heavy atom. The number of carbonyl (C=O) groups is 2. The number of carbonyl (C=O) groups excluding carboxylic acids is 2. The molecule has 38 heavy (non-hydrogen) atoms. The predicted molar refractivity (Wildman–Crippen MR) is 136 cm³/mol. The van der Waals surface area contributed by atoms with Gasteiger partial charge in [-0.15, -0.1) is 0 Å². The van der Waals surface area contributed by atoms with E-state index in [1.807, 2.05) is 48.7 Å². The van der Waals surface area contributed by atoms with E-state index in [2.05, 4.69) is 4.57 Å². The van der Waals surface area contributed by atoms with Crippen molar-refractivity contribution in [3.05, 3.63) is 95.3 Å². The molecule has 0 saturated heterocycles. The molecule has 0 spiro atoms. The molecule has 0 aliphatic rings. The second-order valence-electron chi connectivity index (χ2n) is 8.72. The van der Waals surface area contributed by atoms with Crippen LogP contribution in [0.5, 0.6) is 0 Å². The molecule has 1 aromatic heterocycles. The van der Waals surface area contributed by atoms with Crippen LogP contribution in [0.15, 0.2) is 72.9 Å². The third kappa shape index (κ3) is 8.19. The largest absolute Gasteiger partial charge is 0.416 e. The van der Waals surface area contributed by atoms with Gasteiger partial charge < -0.3 is 23.8 Å². The number of aromatic nitrogens is 1. The average molecular weight is 532 g/mol. The summed E-state index contributed by atoms with van der Waals surface area (Å²) in [5.74, 6) is -0.867. The van der Waals surface area contributed by atoms with E-state index >= 15 is 0 Å². The molecular formula is C28H32F3N3O4. The van der Waals surface area contributed by atoms with Gasteiger partial charge in [-0.2, -0.15) is 13.2 Å². The van der Waals surface area contributed by atoms with Gasteiger partial charge in [-0.1, -0.05) is 30.3 Å². The maximum Gasteiger partial charge on any atom is 0.416 e. The molecule has 0 bridgehead atoms. The number of alkyl halides is 3. The first kappa shape index (κ1) is 28.9. The van der Waals surface area contributed by atoms with Crippen LogP contribution in [0.2, 0.25) is 0 Å². The van der Waals surface area contributed by atoms with Crippen LogP contribution >= 0.6 is 0 Å². The molecule has 3 rings (SSSR count). The van der Waals surface area contributed by atoms with Gasteiger partial charge in [-0.25, -0.2) is 0 Å². The zero-order valence-electron chi connectivity index (χ0n) is 21.5. The van der Waals surface area contributed by atoms with Crippen molar-refractivity contribution in [3.8, 4) is 0 Å². The first-order valence-corrected chi connectivity index (χ1v) is 12.1. The van der Waals surface area contributed by atoms with Gasteiger partial charge in [-0.05, 0) is 42.0 Å². The van der Waals surface area contributed by atoms with Crippen LogP contribution in [-0.4, -0.2) is 73.2 Å². The highest BCUT2D eigenvalue weighted by molar-refractivity contribution is 5.96. The SMILES string of the molecule is COCCN(Cc1cccn1Cc1ccccc1)C(=O)CN(CCOC)C(=O)c1ccc(C(F)(F)F)cc1. The minimum Gasteiger partial charge on any atom is -0.383 e. The molecule has 2 amide bonds. The van der Waals surface area contributed by atoms with Gasteiger partial charge in [0.1, 0.15) is 6.54 Å². The lowest BCUT2D eigenvalue weighted by Gasteiger charge is -2.28. The molecule has 7 nitrogen and oxygen atoms in total. The lowest BCUT2D eigenvalue weighted by Crippen LogP contribution is -2.45. The number of amides is 2. The number of ether oxygens (including phenoxy) is 2. The minimum absolute atomic E-state index is 0.0575. The van der Waals surface area contributed by atoms with E-state index in [4.69, 9.17) is 9.47 Å². The normalized spacial score (nSPS) is 11.4. The molecule has 0 atom stereocenters. The van der Waals surface area contributed by atoms with Crippen LogP contribution in [-0.2, 0) is 33.5 Å². The van der Waals surface area contributed by atoms with E-state index in [0.29, 0.717) is 26.2 Å². The fourth-order valence-corrected chi connectivity index (χ4v) is 3.92. The summed E-state index contributed by atoms with van der Waals surface area (Å²) in [4.78, 5) is 29.5. The molecule has 0 N–H and O–H groups in total. The van der Waals surface area contributed by atoms with Crippen LogP contribution in [0.1, 0.15) is 27.2 Å². The van der Waals surface area contributed by atoms with Crippen LogP contribution in [0, 0.1) is 0 Å². The van der Waals surface area contributed by atoms with Crippen LogP contribution in [0.4, 0.5) is 13.2 Å². The third-order valence-electron chi connectivity index (χ3n) is 6.03. The lowest BCUT2D eigenvalue weighted by molar-refractivity contribution is -0.137. The van der Waals surface area contributed by atoms with Gasteiger partial charge in [0, 0.05) is 51.3 Å². The molecule has 2 aromatic carbocycles. The first-order chi connectivity index (χ1) is 18.2. The van der Waals surface area contributed by atoms with E-state index < -0.39 is 17.6 Å². The fourth-order valence-electron chi connectivity index (χ4n) is 3.92. The zero-order chi connectivity index (χ0) is 27.5. The Hall–Kier alpha value is -3.63. The Kier molecular flexibility index (Phi) is 10.5. The highest BCUT2D eigenvalue weighted by atomic mass is 19.4. The standard InChI is InChI=1S/C28H32F3N3O4/c1-37-17-15-33(20-25-9-6-14-32(25)19-22-7-4-3-5-8-22)26(35)21-34(16-18-38-2)27(36)23-10-12-24(13-11-23)28(29,30)31/h3-14H,15-21H2,1-2H3. The minimum atomic E-state index is -4.51. The van der Waals surface area contributed by atoms with Crippen molar-refractivity contribution in [2.24, 2.45) is 0 Å². The summed E-state index contributed by atoms with van der Waals surface area (Å²) in [6.07, 6.45) is -2.56. The van der Waals surface area contributed by atoms with Gasteiger partial charge in [-0.3, -0.25) is 9.59 Å². The summed E-state index contributed by atoms with van der Waals surface area (Å²) in [6.45, 7) is 1.56. The summed E-state index contributed by atoms with van der Waals surface area (Å²) in [5.41, 5.74) is 1.24. The second kappa shape index (κ2) is 13.8. The maximum absolute atomic E-state index is 13.4. The van der Waals surface area contributed by atoms with Crippen molar-refractivity contribution >= 4 is 11.8 Å². The van der Waals surface area contributed by atoms with Gasteiger partial charge in [0.15, 0.2) is 0 Å².